The van der Waals surface area contributed by atoms with Crippen LogP contribution in [0, 0.1) is 20.8 Å². The third-order valence-electron chi connectivity index (χ3n) is 3.16. The van der Waals surface area contributed by atoms with Gasteiger partial charge in [-0.25, -0.2) is 0 Å². The maximum Gasteiger partial charge on any atom is 0.253 e. The normalized spacial score (nSPS) is 10.7. The predicted octanol–water partition coefficient (Wildman–Crippen LogP) is 3.58. The average molecular weight is 306 g/mol. The van der Waals surface area contributed by atoms with Gasteiger partial charge >= 0.3 is 0 Å². The third kappa shape index (κ3) is 2.72. The molecule has 0 spiro atoms. The van der Waals surface area contributed by atoms with E-state index in [-0.39, 0.29) is 5.56 Å². The summed E-state index contributed by atoms with van der Waals surface area (Å²) in [5, 5.41) is 0. The Labute approximate surface area is 115 Å². The topological polar surface area (TPSA) is 22.0 Å². The zero-order valence-corrected chi connectivity index (χ0v) is 12.4. The highest BCUT2D eigenvalue weighted by atomic mass is 79.9. The van der Waals surface area contributed by atoms with E-state index in [4.69, 9.17) is 0 Å². The first-order chi connectivity index (χ1) is 8.47. The number of halogens is 1. The summed E-state index contributed by atoms with van der Waals surface area (Å²) in [6, 6.07) is 8.16. The number of hydrogen-bond acceptors (Lipinski definition) is 1. The van der Waals surface area contributed by atoms with Gasteiger partial charge in [0.1, 0.15) is 0 Å². The number of aromatic nitrogens is 1. The van der Waals surface area contributed by atoms with E-state index in [9.17, 15) is 4.79 Å². The summed E-state index contributed by atoms with van der Waals surface area (Å²) in [4.78, 5) is 12.0. The van der Waals surface area contributed by atoms with E-state index in [1.54, 1.807) is 4.57 Å². The van der Waals surface area contributed by atoms with Crippen LogP contribution in [-0.2, 0) is 6.54 Å². The second-order valence-corrected chi connectivity index (χ2v) is 5.61. The zero-order chi connectivity index (χ0) is 13.3. The minimum atomic E-state index is 0.0661. The van der Waals surface area contributed by atoms with Gasteiger partial charge in [-0.3, -0.25) is 4.79 Å². The molecular weight excluding hydrogens is 290 g/mol. The van der Waals surface area contributed by atoms with E-state index in [0.29, 0.717) is 6.54 Å². The van der Waals surface area contributed by atoms with Gasteiger partial charge in [-0.05, 0) is 59.5 Å². The van der Waals surface area contributed by atoms with Crippen LogP contribution in [0.3, 0.4) is 0 Å². The molecule has 0 bridgehead atoms. The maximum atomic E-state index is 12.0. The Morgan fingerprint density at radius 3 is 2.44 bits per heavy atom. The molecule has 2 nitrogen and oxygen atoms in total. The van der Waals surface area contributed by atoms with Crippen molar-refractivity contribution in [3.05, 3.63) is 67.5 Å². The van der Waals surface area contributed by atoms with Gasteiger partial charge in [0.25, 0.3) is 5.56 Å². The van der Waals surface area contributed by atoms with Gasteiger partial charge in [-0.2, -0.15) is 0 Å². The minimum absolute atomic E-state index is 0.0661. The average Bonchev–Trinajstić information content (AvgIpc) is 2.30. The molecule has 0 aliphatic rings. The molecule has 0 saturated heterocycles. The fraction of sp³-hybridized carbons (Fsp3) is 0.267. The van der Waals surface area contributed by atoms with Crippen LogP contribution in [0.4, 0.5) is 0 Å². The molecule has 0 unspecified atom stereocenters. The first-order valence-electron chi connectivity index (χ1n) is 5.90. The van der Waals surface area contributed by atoms with E-state index in [0.717, 1.165) is 15.6 Å². The van der Waals surface area contributed by atoms with Crippen LogP contribution in [0.5, 0.6) is 0 Å². The highest BCUT2D eigenvalue weighted by Crippen LogP contribution is 2.13. The molecule has 0 atom stereocenters. The molecule has 2 rings (SSSR count). The number of aryl methyl sites for hydroxylation is 3. The van der Waals surface area contributed by atoms with Gasteiger partial charge in [-0.15, -0.1) is 0 Å². The standard InChI is InChI=1S/C15H16BrNO/c1-10-4-5-13(6-11(10)2)8-17-9-14(16)7-12(3)15(17)18/h4-7,9H,8H2,1-3H3. The number of pyridine rings is 1. The molecule has 94 valence electrons. The molecule has 0 radical (unpaired) electrons. The van der Waals surface area contributed by atoms with Crippen molar-refractivity contribution >= 4 is 15.9 Å². The van der Waals surface area contributed by atoms with Crippen molar-refractivity contribution in [2.75, 3.05) is 0 Å². The lowest BCUT2D eigenvalue weighted by atomic mass is 10.1. The molecule has 1 heterocycles. The first kappa shape index (κ1) is 13.1. The van der Waals surface area contributed by atoms with Crippen molar-refractivity contribution in [3.63, 3.8) is 0 Å². The lowest BCUT2D eigenvalue weighted by Crippen LogP contribution is -2.22. The second-order valence-electron chi connectivity index (χ2n) is 4.69. The van der Waals surface area contributed by atoms with Crippen molar-refractivity contribution in [3.8, 4) is 0 Å². The van der Waals surface area contributed by atoms with Crippen molar-refractivity contribution < 1.29 is 0 Å². The Balaban J connectivity index is 2.40. The molecule has 0 N–H and O–H groups in total. The lowest BCUT2D eigenvalue weighted by molar-refractivity contribution is 0.748. The fourth-order valence-corrected chi connectivity index (χ4v) is 2.55. The molecule has 0 saturated carbocycles. The summed E-state index contributed by atoms with van der Waals surface area (Å²) >= 11 is 3.43. The predicted molar refractivity (Wildman–Crippen MR) is 78.2 cm³/mol. The summed E-state index contributed by atoms with van der Waals surface area (Å²) in [5.41, 5.74) is 4.51. The number of benzene rings is 1. The molecule has 0 aliphatic carbocycles. The summed E-state index contributed by atoms with van der Waals surface area (Å²) < 4.78 is 2.67. The van der Waals surface area contributed by atoms with Gasteiger partial charge in [-0.1, -0.05) is 18.2 Å². The van der Waals surface area contributed by atoms with Gasteiger partial charge in [0.15, 0.2) is 0 Å². The van der Waals surface area contributed by atoms with Crippen molar-refractivity contribution in [1.29, 1.82) is 0 Å². The van der Waals surface area contributed by atoms with Crippen molar-refractivity contribution in [1.82, 2.24) is 4.57 Å². The van der Waals surface area contributed by atoms with E-state index in [1.165, 1.54) is 11.1 Å². The van der Waals surface area contributed by atoms with Crippen LogP contribution < -0.4 is 5.56 Å². The summed E-state index contributed by atoms with van der Waals surface area (Å²) in [5.74, 6) is 0. The first-order valence-corrected chi connectivity index (χ1v) is 6.69. The molecule has 1 aromatic carbocycles. The Bertz CT molecular complexity index is 643. The summed E-state index contributed by atoms with van der Waals surface area (Å²) in [7, 11) is 0. The highest BCUT2D eigenvalue weighted by molar-refractivity contribution is 9.10. The lowest BCUT2D eigenvalue weighted by Gasteiger charge is -2.09. The second kappa shape index (κ2) is 5.11. The van der Waals surface area contributed by atoms with Gasteiger partial charge in [0, 0.05) is 16.2 Å². The van der Waals surface area contributed by atoms with Crippen LogP contribution in [0.2, 0.25) is 0 Å². The molecule has 3 heteroatoms. The Morgan fingerprint density at radius 1 is 1.06 bits per heavy atom. The molecule has 0 aliphatic heterocycles. The number of nitrogens with zero attached hydrogens (tertiary/aromatic N) is 1. The zero-order valence-electron chi connectivity index (χ0n) is 10.8. The third-order valence-corrected chi connectivity index (χ3v) is 3.59. The summed E-state index contributed by atoms with van der Waals surface area (Å²) in [6.45, 7) is 6.63. The minimum Gasteiger partial charge on any atom is -0.310 e. The van der Waals surface area contributed by atoms with Crippen LogP contribution >= 0.6 is 15.9 Å². The molecule has 1 aromatic heterocycles. The molecular formula is C15H16BrNO. The Morgan fingerprint density at radius 2 is 1.78 bits per heavy atom. The van der Waals surface area contributed by atoms with E-state index in [2.05, 4.69) is 48.0 Å². The van der Waals surface area contributed by atoms with Crippen LogP contribution in [0.25, 0.3) is 0 Å². The monoisotopic (exact) mass is 305 g/mol. The quantitative estimate of drug-likeness (QED) is 0.831. The van der Waals surface area contributed by atoms with Crippen LogP contribution in [0.1, 0.15) is 22.3 Å². The van der Waals surface area contributed by atoms with Crippen LogP contribution in [-0.4, -0.2) is 4.57 Å². The Hall–Kier alpha value is -1.35. The van der Waals surface area contributed by atoms with E-state index >= 15 is 0 Å². The molecule has 0 amide bonds. The smallest absolute Gasteiger partial charge is 0.253 e. The van der Waals surface area contributed by atoms with Gasteiger partial charge in [0.2, 0.25) is 0 Å². The van der Waals surface area contributed by atoms with Gasteiger partial charge < -0.3 is 4.57 Å². The summed E-state index contributed by atoms with van der Waals surface area (Å²) in [6.07, 6.45) is 1.84. The Kier molecular flexibility index (Phi) is 3.71. The molecule has 0 fully saturated rings. The largest absolute Gasteiger partial charge is 0.310 e. The SMILES string of the molecule is Cc1ccc(Cn2cc(Br)cc(C)c2=O)cc1C. The fourth-order valence-electron chi connectivity index (χ4n) is 1.96. The number of rotatable bonds is 2. The van der Waals surface area contributed by atoms with E-state index < -0.39 is 0 Å². The van der Waals surface area contributed by atoms with E-state index in [1.807, 2.05) is 19.2 Å². The molecule has 2 aromatic rings. The maximum absolute atomic E-state index is 12.0. The van der Waals surface area contributed by atoms with Crippen molar-refractivity contribution in [2.24, 2.45) is 0 Å². The van der Waals surface area contributed by atoms with Crippen LogP contribution in [0.15, 0.2) is 39.7 Å². The highest BCUT2D eigenvalue weighted by Gasteiger charge is 2.03. The van der Waals surface area contributed by atoms with Gasteiger partial charge in [0.05, 0.1) is 6.54 Å². The molecule has 18 heavy (non-hydrogen) atoms. The number of hydrogen-bond donors (Lipinski definition) is 0. The van der Waals surface area contributed by atoms with Crippen molar-refractivity contribution in [2.45, 2.75) is 27.3 Å².